The van der Waals surface area contributed by atoms with Gasteiger partial charge >= 0.3 is 11.9 Å². The van der Waals surface area contributed by atoms with Crippen molar-refractivity contribution in [1.82, 2.24) is 0 Å². The largest absolute Gasteiger partial charge is 0.490 e. The number of aliphatic imine (C=N–C) groups is 1. The highest BCUT2D eigenvalue weighted by Crippen LogP contribution is 2.48. The Morgan fingerprint density at radius 2 is 1.88 bits per heavy atom. The molecule has 0 atom stereocenters. The highest BCUT2D eigenvalue weighted by atomic mass is 16.5. The van der Waals surface area contributed by atoms with E-state index in [9.17, 15) is 14.7 Å². The number of carbonyl (C=O) groups is 2. The summed E-state index contributed by atoms with van der Waals surface area (Å²) in [5, 5.41) is 21.4. The molecule has 2 aliphatic rings. The third kappa shape index (κ3) is 4.44. The van der Waals surface area contributed by atoms with Gasteiger partial charge in [0.25, 0.3) is 0 Å². The Kier molecular flexibility index (Phi) is 5.79. The highest BCUT2D eigenvalue weighted by molar-refractivity contribution is 6.17. The number of aromatic carboxylic acids is 1. The number of aliphatic carboxylic acids is 1. The van der Waals surface area contributed by atoms with Crippen LogP contribution in [0.1, 0.15) is 67.2 Å². The maximum atomic E-state index is 11.7. The second kappa shape index (κ2) is 8.34. The van der Waals surface area contributed by atoms with Crippen LogP contribution < -0.4 is 14.8 Å². The molecule has 8 heteroatoms. The summed E-state index contributed by atoms with van der Waals surface area (Å²) in [5.74, 6) is -0.764. The van der Waals surface area contributed by atoms with Gasteiger partial charge in [0, 0.05) is 28.8 Å². The van der Waals surface area contributed by atoms with Gasteiger partial charge in [-0.1, -0.05) is 6.07 Å². The second-order valence-corrected chi connectivity index (χ2v) is 9.95. The van der Waals surface area contributed by atoms with Crippen molar-refractivity contribution >= 4 is 23.3 Å². The average Bonchev–Trinajstić information content (AvgIpc) is 3.06. The molecule has 180 valence electrons. The summed E-state index contributed by atoms with van der Waals surface area (Å²) in [6.45, 7) is 10.3. The molecule has 0 saturated carbocycles. The van der Waals surface area contributed by atoms with E-state index in [-0.39, 0.29) is 11.3 Å². The average molecular weight is 467 g/mol. The minimum Gasteiger partial charge on any atom is -0.490 e. The van der Waals surface area contributed by atoms with Crippen molar-refractivity contribution in [3.05, 3.63) is 52.1 Å². The number of nitrogens with zero attached hydrogens (tertiary/aromatic N) is 1. The molecule has 0 aliphatic carbocycles. The van der Waals surface area contributed by atoms with E-state index in [0.717, 1.165) is 40.3 Å². The fourth-order valence-corrected chi connectivity index (χ4v) is 4.74. The number of nitrogens with one attached hydrogen (secondary N) is 1. The zero-order chi connectivity index (χ0) is 24.8. The molecule has 0 fully saturated rings. The van der Waals surface area contributed by atoms with Gasteiger partial charge in [-0.25, -0.2) is 4.79 Å². The lowest BCUT2D eigenvalue weighted by Gasteiger charge is -2.31. The number of ether oxygens (including phenoxy) is 2. The van der Waals surface area contributed by atoms with Crippen LogP contribution in [0.15, 0.2) is 29.3 Å². The first-order valence-corrected chi connectivity index (χ1v) is 11.3. The molecular formula is C26H30N2O6. The van der Waals surface area contributed by atoms with Gasteiger partial charge in [0.05, 0.1) is 23.4 Å². The van der Waals surface area contributed by atoms with Crippen LogP contribution in [0.5, 0.6) is 11.5 Å². The molecule has 0 bridgehead atoms. The molecule has 0 radical (unpaired) electrons. The van der Waals surface area contributed by atoms with Gasteiger partial charge in [-0.2, -0.15) is 0 Å². The van der Waals surface area contributed by atoms with Gasteiger partial charge in [0.2, 0.25) is 0 Å². The van der Waals surface area contributed by atoms with Crippen molar-refractivity contribution in [2.24, 2.45) is 4.99 Å². The summed E-state index contributed by atoms with van der Waals surface area (Å²) < 4.78 is 12.2. The van der Waals surface area contributed by atoms with Crippen LogP contribution in [0.2, 0.25) is 0 Å². The van der Waals surface area contributed by atoms with E-state index in [1.54, 1.807) is 12.1 Å². The second-order valence-electron chi connectivity index (χ2n) is 9.95. The van der Waals surface area contributed by atoms with E-state index in [2.05, 4.69) is 19.2 Å². The van der Waals surface area contributed by atoms with Crippen molar-refractivity contribution in [3.63, 3.8) is 0 Å². The van der Waals surface area contributed by atoms with E-state index >= 15 is 0 Å². The van der Waals surface area contributed by atoms with Crippen molar-refractivity contribution in [2.45, 2.75) is 58.6 Å². The fraction of sp³-hybridized carbons (Fsp3) is 0.423. The van der Waals surface area contributed by atoms with Crippen molar-refractivity contribution in [2.75, 3.05) is 18.5 Å². The van der Waals surface area contributed by atoms with Crippen LogP contribution in [-0.2, 0) is 17.6 Å². The molecule has 0 saturated heterocycles. The number of hydrogen-bond acceptors (Lipinski definition) is 6. The standard InChI is InChI=1S/C26H30N2O6/c1-6-33-19-10-15-11-25(2,3)28-22(21(15)17-12-26(4,5)34-23(17)19)14-7-8-16(24(31)32)18(9-14)27-13-20(29)30/h7-10,27H,6,11-13H2,1-5H3,(H,29,30)(H,31,32). The summed E-state index contributed by atoms with van der Waals surface area (Å²) in [6.07, 6.45) is 1.40. The maximum Gasteiger partial charge on any atom is 0.337 e. The van der Waals surface area contributed by atoms with Gasteiger partial charge in [0.1, 0.15) is 12.1 Å². The summed E-state index contributed by atoms with van der Waals surface area (Å²) >= 11 is 0. The lowest BCUT2D eigenvalue weighted by atomic mass is 9.80. The Morgan fingerprint density at radius 3 is 2.53 bits per heavy atom. The van der Waals surface area contributed by atoms with Crippen LogP contribution in [0, 0.1) is 0 Å². The Hall–Kier alpha value is -3.55. The molecule has 2 heterocycles. The van der Waals surface area contributed by atoms with E-state index in [1.807, 2.05) is 26.8 Å². The van der Waals surface area contributed by atoms with Gasteiger partial charge < -0.3 is 25.0 Å². The molecular weight excluding hydrogens is 436 g/mol. The van der Waals surface area contributed by atoms with Crippen molar-refractivity contribution in [1.29, 1.82) is 0 Å². The van der Waals surface area contributed by atoms with Gasteiger partial charge in [-0.05, 0) is 64.8 Å². The zero-order valence-corrected chi connectivity index (χ0v) is 20.1. The summed E-state index contributed by atoms with van der Waals surface area (Å²) in [6, 6.07) is 6.91. The van der Waals surface area contributed by atoms with Gasteiger partial charge in [-0.15, -0.1) is 0 Å². The molecule has 0 aromatic heterocycles. The predicted molar refractivity (Wildman–Crippen MR) is 129 cm³/mol. The highest BCUT2D eigenvalue weighted by Gasteiger charge is 2.39. The molecule has 2 aromatic rings. The van der Waals surface area contributed by atoms with Crippen molar-refractivity contribution in [3.8, 4) is 11.5 Å². The quantitative estimate of drug-likeness (QED) is 0.561. The first kappa shape index (κ1) is 23.6. The predicted octanol–water partition coefficient (Wildman–Crippen LogP) is 4.17. The van der Waals surface area contributed by atoms with Crippen LogP contribution in [0.25, 0.3) is 0 Å². The lowest BCUT2D eigenvalue weighted by molar-refractivity contribution is -0.134. The summed E-state index contributed by atoms with van der Waals surface area (Å²) in [4.78, 5) is 27.9. The molecule has 2 aliphatic heterocycles. The van der Waals surface area contributed by atoms with Crippen LogP contribution in [-0.4, -0.2) is 52.2 Å². The first-order chi connectivity index (χ1) is 15.9. The third-order valence-corrected chi connectivity index (χ3v) is 5.93. The number of benzene rings is 2. The number of carboxylic acids is 2. The number of carboxylic acid groups (broad SMARTS) is 2. The molecule has 4 rings (SSSR count). The van der Waals surface area contributed by atoms with Gasteiger partial charge in [0.15, 0.2) is 11.5 Å². The topological polar surface area (TPSA) is 117 Å². The number of anilines is 1. The minimum absolute atomic E-state index is 0.00211. The van der Waals surface area contributed by atoms with Crippen LogP contribution in [0.4, 0.5) is 5.69 Å². The lowest BCUT2D eigenvalue weighted by Crippen LogP contribution is -2.31. The Balaban J connectivity index is 1.92. The van der Waals surface area contributed by atoms with E-state index < -0.39 is 29.6 Å². The smallest absolute Gasteiger partial charge is 0.337 e. The Labute approximate surface area is 198 Å². The van der Waals surface area contributed by atoms with E-state index in [4.69, 9.17) is 19.6 Å². The normalized spacial score (nSPS) is 17.1. The third-order valence-electron chi connectivity index (χ3n) is 5.93. The summed E-state index contributed by atoms with van der Waals surface area (Å²) in [5.41, 5.74) is 4.00. The van der Waals surface area contributed by atoms with Crippen LogP contribution in [0.3, 0.4) is 0 Å². The minimum atomic E-state index is -1.14. The Bertz CT molecular complexity index is 1210. The fourth-order valence-electron chi connectivity index (χ4n) is 4.74. The number of fused-ring (bicyclic) bond motifs is 3. The van der Waals surface area contributed by atoms with E-state index in [0.29, 0.717) is 18.6 Å². The number of hydrogen-bond donors (Lipinski definition) is 3. The van der Waals surface area contributed by atoms with Crippen LogP contribution >= 0.6 is 0 Å². The monoisotopic (exact) mass is 466 g/mol. The molecule has 3 N–H and O–H groups in total. The van der Waals surface area contributed by atoms with E-state index in [1.165, 1.54) is 6.07 Å². The molecule has 0 amide bonds. The molecule has 34 heavy (non-hydrogen) atoms. The SMILES string of the molecule is CCOc1cc2c(c3c1OC(C)(C)C3)C(c1ccc(C(=O)O)c(NCC(=O)O)c1)=NC(C)(C)C2. The Morgan fingerprint density at radius 1 is 1.15 bits per heavy atom. The molecule has 8 nitrogen and oxygen atoms in total. The van der Waals surface area contributed by atoms with Crippen molar-refractivity contribution < 1.29 is 29.3 Å². The molecule has 2 aromatic carbocycles. The zero-order valence-electron chi connectivity index (χ0n) is 20.1. The summed E-state index contributed by atoms with van der Waals surface area (Å²) in [7, 11) is 0. The first-order valence-electron chi connectivity index (χ1n) is 11.3. The maximum absolute atomic E-state index is 11.7. The molecule has 0 unspecified atom stereocenters. The van der Waals surface area contributed by atoms with Gasteiger partial charge in [-0.3, -0.25) is 9.79 Å². The number of rotatable bonds is 7. The molecule has 0 spiro atoms.